The maximum absolute atomic E-state index is 11.9. The molecule has 0 bridgehead atoms. The topological polar surface area (TPSA) is 59.8 Å². The minimum Gasteiger partial charge on any atom is -0.348 e. The smallest absolute Gasteiger partial charge is 0.255 e. The Morgan fingerprint density at radius 1 is 1.53 bits per heavy atom. The third kappa shape index (κ3) is 2.69. The quantitative estimate of drug-likeness (QED) is 0.857. The standard InChI is InChI=1S/C12H14N4O/c1-9-11(8-16(2)15-9)12(17)14-7-10-4-3-5-13-6-10/h3-6,8H,7H2,1-2H3,(H,14,17). The number of hydrogen-bond donors (Lipinski definition) is 1. The first-order valence-corrected chi connectivity index (χ1v) is 5.34. The van der Waals surface area contributed by atoms with Gasteiger partial charge in [-0.1, -0.05) is 6.07 Å². The van der Waals surface area contributed by atoms with Crippen LogP contribution < -0.4 is 5.32 Å². The zero-order chi connectivity index (χ0) is 12.3. The second kappa shape index (κ2) is 4.78. The lowest BCUT2D eigenvalue weighted by Gasteiger charge is -2.03. The van der Waals surface area contributed by atoms with Crippen molar-refractivity contribution in [2.75, 3.05) is 0 Å². The first kappa shape index (κ1) is 11.3. The average molecular weight is 230 g/mol. The normalized spacial score (nSPS) is 10.2. The monoisotopic (exact) mass is 230 g/mol. The lowest BCUT2D eigenvalue weighted by atomic mass is 10.2. The van der Waals surface area contributed by atoms with Gasteiger partial charge in [0.1, 0.15) is 0 Å². The first-order chi connectivity index (χ1) is 8.16. The lowest BCUT2D eigenvalue weighted by Crippen LogP contribution is -2.23. The molecule has 1 amide bonds. The number of carbonyl (C=O) groups excluding carboxylic acids is 1. The fourth-order valence-electron chi connectivity index (χ4n) is 1.60. The molecule has 17 heavy (non-hydrogen) atoms. The van der Waals surface area contributed by atoms with E-state index in [-0.39, 0.29) is 5.91 Å². The summed E-state index contributed by atoms with van der Waals surface area (Å²) in [6, 6.07) is 3.76. The van der Waals surface area contributed by atoms with Gasteiger partial charge in [-0.3, -0.25) is 14.5 Å². The molecule has 0 unspecified atom stereocenters. The summed E-state index contributed by atoms with van der Waals surface area (Å²) in [7, 11) is 1.80. The van der Waals surface area contributed by atoms with Crippen LogP contribution in [0.3, 0.4) is 0 Å². The van der Waals surface area contributed by atoms with Crippen LogP contribution in [-0.4, -0.2) is 20.7 Å². The predicted octanol–water partition coefficient (Wildman–Crippen LogP) is 1.05. The van der Waals surface area contributed by atoms with Gasteiger partial charge >= 0.3 is 0 Å². The van der Waals surface area contributed by atoms with Crippen LogP contribution in [0.25, 0.3) is 0 Å². The van der Waals surface area contributed by atoms with Crippen LogP contribution in [0.4, 0.5) is 0 Å². The van der Waals surface area contributed by atoms with E-state index in [1.807, 2.05) is 19.1 Å². The van der Waals surface area contributed by atoms with Crippen LogP contribution in [0.1, 0.15) is 21.6 Å². The van der Waals surface area contributed by atoms with E-state index in [9.17, 15) is 4.79 Å². The minimum absolute atomic E-state index is 0.112. The molecule has 0 aliphatic rings. The zero-order valence-electron chi connectivity index (χ0n) is 9.84. The highest BCUT2D eigenvalue weighted by molar-refractivity contribution is 5.94. The third-order valence-corrected chi connectivity index (χ3v) is 2.43. The predicted molar refractivity (Wildman–Crippen MR) is 63.4 cm³/mol. The van der Waals surface area contributed by atoms with E-state index in [1.54, 1.807) is 30.3 Å². The molecular formula is C12H14N4O. The van der Waals surface area contributed by atoms with Gasteiger partial charge in [0, 0.05) is 32.2 Å². The molecule has 2 heterocycles. The van der Waals surface area contributed by atoms with Gasteiger partial charge in [-0.2, -0.15) is 5.10 Å². The van der Waals surface area contributed by atoms with E-state index in [2.05, 4.69) is 15.4 Å². The van der Waals surface area contributed by atoms with Gasteiger partial charge in [-0.05, 0) is 18.6 Å². The van der Waals surface area contributed by atoms with E-state index < -0.39 is 0 Å². The summed E-state index contributed by atoms with van der Waals surface area (Å²) in [6.07, 6.45) is 5.15. The molecule has 0 spiro atoms. The second-order valence-electron chi connectivity index (χ2n) is 3.85. The summed E-state index contributed by atoms with van der Waals surface area (Å²) in [4.78, 5) is 15.9. The van der Waals surface area contributed by atoms with Crippen molar-refractivity contribution in [1.29, 1.82) is 0 Å². The summed E-state index contributed by atoms with van der Waals surface area (Å²) >= 11 is 0. The van der Waals surface area contributed by atoms with Crippen molar-refractivity contribution >= 4 is 5.91 Å². The molecule has 1 N–H and O–H groups in total. The van der Waals surface area contributed by atoms with E-state index in [4.69, 9.17) is 0 Å². The Labute approximate surface area is 99.5 Å². The fourth-order valence-corrected chi connectivity index (χ4v) is 1.60. The van der Waals surface area contributed by atoms with Crippen LogP contribution in [0.2, 0.25) is 0 Å². The molecule has 2 aromatic rings. The number of aromatic nitrogens is 3. The Kier molecular flexibility index (Phi) is 3.18. The minimum atomic E-state index is -0.112. The zero-order valence-corrected chi connectivity index (χ0v) is 9.84. The van der Waals surface area contributed by atoms with Crippen LogP contribution in [-0.2, 0) is 13.6 Å². The van der Waals surface area contributed by atoms with E-state index in [1.165, 1.54) is 0 Å². The number of carbonyl (C=O) groups is 1. The van der Waals surface area contributed by atoms with Crippen molar-refractivity contribution in [2.24, 2.45) is 7.05 Å². The van der Waals surface area contributed by atoms with Gasteiger partial charge in [0.05, 0.1) is 11.3 Å². The molecule has 0 aliphatic carbocycles. The van der Waals surface area contributed by atoms with Gasteiger partial charge in [-0.15, -0.1) is 0 Å². The highest BCUT2D eigenvalue weighted by Gasteiger charge is 2.11. The number of pyridine rings is 1. The Bertz CT molecular complexity index is 519. The van der Waals surface area contributed by atoms with E-state index >= 15 is 0 Å². The Balaban J connectivity index is 2.01. The summed E-state index contributed by atoms with van der Waals surface area (Å²) in [5.41, 5.74) is 2.31. The van der Waals surface area contributed by atoms with Crippen molar-refractivity contribution in [2.45, 2.75) is 13.5 Å². The number of hydrogen-bond acceptors (Lipinski definition) is 3. The number of amides is 1. The van der Waals surface area contributed by atoms with Crippen molar-refractivity contribution in [3.8, 4) is 0 Å². The number of aryl methyl sites for hydroxylation is 2. The number of nitrogens with zero attached hydrogens (tertiary/aromatic N) is 3. The van der Waals surface area contributed by atoms with E-state index in [0.717, 1.165) is 11.3 Å². The Morgan fingerprint density at radius 2 is 2.35 bits per heavy atom. The number of rotatable bonds is 3. The molecule has 5 heteroatoms. The summed E-state index contributed by atoms with van der Waals surface area (Å²) in [6.45, 7) is 2.29. The summed E-state index contributed by atoms with van der Waals surface area (Å²) in [5.74, 6) is -0.112. The van der Waals surface area contributed by atoms with Gasteiger partial charge in [-0.25, -0.2) is 0 Å². The third-order valence-electron chi connectivity index (χ3n) is 2.43. The highest BCUT2D eigenvalue weighted by Crippen LogP contribution is 2.04. The molecule has 0 saturated heterocycles. The maximum atomic E-state index is 11.9. The largest absolute Gasteiger partial charge is 0.348 e. The van der Waals surface area contributed by atoms with Crippen molar-refractivity contribution in [1.82, 2.24) is 20.1 Å². The summed E-state index contributed by atoms with van der Waals surface area (Å²) < 4.78 is 1.63. The van der Waals surface area contributed by atoms with Crippen LogP contribution in [0, 0.1) is 6.92 Å². The lowest BCUT2D eigenvalue weighted by molar-refractivity contribution is 0.0950. The molecule has 2 rings (SSSR count). The molecule has 0 aliphatic heterocycles. The van der Waals surface area contributed by atoms with Gasteiger partial charge in [0.2, 0.25) is 0 Å². The average Bonchev–Trinajstić information content (AvgIpc) is 2.67. The summed E-state index contributed by atoms with van der Waals surface area (Å²) in [5, 5.41) is 6.97. The van der Waals surface area contributed by atoms with Crippen molar-refractivity contribution in [3.05, 3.63) is 47.5 Å². The Morgan fingerprint density at radius 3 is 2.94 bits per heavy atom. The molecule has 2 aromatic heterocycles. The molecule has 0 aromatic carbocycles. The van der Waals surface area contributed by atoms with Crippen molar-refractivity contribution in [3.63, 3.8) is 0 Å². The molecule has 0 atom stereocenters. The van der Waals surface area contributed by atoms with Crippen LogP contribution >= 0.6 is 0 Å². The molecule has 88 valence electrons. The van der Waals surface area contributed by atoms with Crippen LogP contribution in [0.5, 0.6) is 0 Å². The SMILES string of the molecule is Cc1nn(C)cc1C(=O)NCc1cccnc1. The van der Waals surface area contributed by atoms with Gasteiger partial charge in [0.15, 0.2) is 0 Å². The second-order valence-corrected chi connectivity index (χ2v) is 3.85. The van der Waals surface area contributed by atoms with Crippen molar-refractivity contribution < 1.29 is 4.79 Å². The highest BCUT2D eigenvalue weighted by atomic mass is 16.1. The first-order valence-electron chi connectivity index (χ1n) is 5.34. The Hall–Kier alpha value is -2.17. The van der Waals surface area contributed by atoms with Crippen LogP contribution in [0.15, 0.2) is 30.7 Å². The number of nitrogens with one attached hydrogen (secondary N) is 1. The fraction of sp³-hybridized carbons (Fsp3) is 0.250. The van der Waals surface area contributed by atoms with E-state index in [0.29, 0.717) is 12.1 Å². The molecule has 0 radical (unpaired) electrons. The van der Waals surface area contributed by atoms with Gasteiger partial charge in [0.25, 0.3) is 5.91 Å². The molecule has 0 saturated carbocycles. The molecule has 5 nitrogen and oxygen atoms in total. The molecule has 0 fully saturated rings. The molecular weight excluding hydrogens is 216 g/mol. The van der Waals surface area contributed by atoms with Gasteiger partial charge < -0.3 is 5.32 Å². The maximum Gasteiger partial charge on any atom is 0.255 e.